The second-order valence-corrected chi connectivity index (χ2v) is 5.86. The summed E-state index contributed by atoms with van der Waals surface area (Å²) < 4.78 is 40.3. The van der Waals surface area contributed by atoms with E-state index < -0.39 is 15.8 Å². The van der Waals surface area contributed by atoms with Crippen LogP contribution in [0.25, 0.3) is 0 Å². The standard InChI is InChI=1S/C13H14FN3O2S/c1-9-10(7-15)3-2-4-13(9)20(18,19)17-12-5-6-16-8-11(12)14/h2-6,8H,7,15H2,1H3,(H,16,17). The van der Waals surface area contributed by atoms with E-state index >= 15 is 0 Å². The molecule has 0 unspecified atom stereocenters. The lowest BCUT2D eigenvalue weighted by molar-refractivity contribution is 0.597. The largest absolute Gasteiger partial charge is 0.326 e. The van der Waals surface area contributed by atoms with E-state index in [-0.39, 0.29) is 17.1 Å². The molecular weight excluding hydrogens is 281 g/mol. The maximum absolute atomic E-state index is 13.5. The zero-order chi connectivity index (χ0) is 14.8. The van der Waals surface area contributed by atoms with Crippen molar-refractivity contribution in [1.82, 2.24) is 4.98 Å². The molecule has 0 spiro atoms. The topological polar surface area (TPSA) is 85.1 Å². The van der Waals surface area contributed by atoms with Crippen molar-refractivity contribution in [3.63, 3.8) is 0 Å². The number of hydrogen-bond donors (Lipinski definition) is 2. The maximum Gasteiger partial charge on any atom is 0.262 e. The second kappa shape index (κ2) is 5.56. The summed E-state index contributed by atoms with van der Waals surface area (Å²) in [6.07, 6.45) is 2.26. The minimum absolute atomic E-state index is 0.0802. The minimum atomic E-state index is -3.87. The second-order valence-electron chi connectivity index (χ2n) is 4.21. The van der Waals surface area contributed by atoms with E-state index in [9.17, 15) is 12.8 Å². The van der Waals surface area contributed by atoms with Crippen LogP contribution in [0.1, 0.15) is 11.1 Å². The van der Waals surface area contributed by atoms with Gasteiger partial charge in [-0.15, -0.1) is 0 Å². The normalized spacial score (nSPS) is 11.3. The van der Waals surface area contributed by atoms with Crippen molar-refractivity contribution in [3.05, 3.63) is 53.6 Å². The number of rotatable bonds is 4. The van der Waals surface area contributed by atoms with E-state index in [0.717, 1.165) is 11.8 Å². The average molecular weight is 295 g/mol. The van der Waals surface area contributed by atoms with Gasteiger partial charge in [0.25, 0.3) is 10.0 Å². The highest BCUT2D eigenvalue weighted by atomic mass is 32.2. The summed E-state index contributed by atoms with van der Waals surface area (Å²) in [5.74, 6) is -0.733. The summed E-state index contributed by atoms with van der Waals surface area (Å²) in [5, 5.41) is 0. The van der Waals surface area contributed by atoms with Crippen molar-refractivity contribution < 1.29 is 12.8 Å². The van der Waals surface area contributed by atoms with E-state index in [4.69, 9.17) is 5.73 Å². The van der Waals surface area contributed by atoms with E-state index in [0.29, 0.717) is 5.56 Å². The molecule has 3 N–H and O–H groups in total. The van der Waals surface area contributed by atoms with Crippen molar-refractivity contribution in [2.75, 3.05) is 4.72 Å². The van der Waals surface area contributed by atoms with Crippen molar-refractivity contribution in [2.45, 2.75) is 18.4 Å². The number of nitrogens with one attached hydrogen (secondary N) is 1. The number of pyridine rings is 1. The smallest absolute Gasteiger partial charge is 0.262 e. The minimum Gasteiger partial charge on any atom is -0.326 e. The summed E-state index contributed by atoms with van der Waals surface area (Å²) in [5.41, 5.74) is 6.69. The van der Waals surface area contributed by atoms with Crippen molar-refractivity contribution >= 4 is 15.7 Å². The summed E-state index contributed by atoms with van der Waals surface area (Å²) in [6.45, 7) is 1.90. The SMILES string of the molecule is Cc1c(CN)cccc1S(=O)(=O)Nc1ccncc1F. The van der Waals surface area contributed by atoms with Gasteiger partial charge in [0.15, 0.2) is 5.82 Å². The third kappa shape index (κ3) is 2.78. The molecule has 0 amide bonds. The van der Waals surface area contributed by atoms with E-state index in [1.165, 1.54) is 18.3 Å². The first-order valence-electron chi connectivity index (χ1n) is 5.86. The average Bonchev–Trinajstić information content (AvgIpc) is 2.41. The molecule has 0 atom stereocenters. The molecule has 1 heterocycles. The van der Waals surface area contributed by atoms with Gasteiger partial charge in [-0.3, -0.25) is 9.71 Å². The van der Waals surface area contributed by atoms with Gasteiger partial charge in [0.1, 0.15) is 0 Å². The molecule has 0 radical (unpaired) electrons. The molecule has 0 aliphatic carbocycles. The Morgan fingerprint density at radius 3 is 2.75 bits per heavy atom. The third-order valence-corrected chi connectivity index (χ3v) is 4.43. The van der Waals surface area contributed by atoms with Gasteiger partial charge in [-0.05, 0) is 30.2 Å². The molecule has 7 heteroatoms. The first kappa shape index (κ1) is 14.4. The predicted molar refractivity (Wildman–Crippen MR) is 74.1 cm³/mol. The van der Waals surface area contributed by atoms with Gasteiger partial charge in [0, 0.05) is 12.7 Å². The Bertz CT molecular complexity index is 732. The van der Waals surface area contributed by atoms with Gasteiger partial charge in [0.05, 0.1) is 16.8 Å². The van der Waals surface area contributed by atoms with Crippen LogP contribution in [0.3, 0.4) is 0 Å². The van der Waals surface area contributed by atoms with Crippen LogP contribution in [-0.4, -0.2) is 13.4 Å². The number of anilines is 1. The summed E-state index contributed by atoms with van der Waals surface area (Å²) in [4.78, 5) is 3.65. The van der Waals surface area contributed by atoms with E-state index in [1.807, 2.05) is 0 Å². The Kier molecular flexibility index (Phi) is 4.01. The van der Waals surface area contributed by atoms with Crippen molar-refractivity contribution in [3.8, 4) is 0 Å². The van der Waals surface area contributed by atoms with Crippen LogP contribution in [-0.2, 0) is 16.6 Å². The lowest BCUT2D eigenvalue weighted by Crippen LogP contribution is -2.16. The fourth-order valence-corrected chi connectivity index (χ4v) is 3.19. The lowest BCUT2D eigenvalue weighted by Gasteiger charge is -2.12. The Morgan fingerprint density at radius 2 is 2.10 bits per heavy atom. The number of aromatic nitrogens is 1. The molecule has 5 nitrogen and oxygen atoms in total. The van der Waals surface area contributed by atoms with Gasteiger partial charge >= 0.3 is 0 Å². The Balaban J connectivity index is 2.44. The first-order chi connectivity index (χ1) is 9.45. The molecule has 0 aliphatic heterocycles. The number of sulfonamides is 1. The predicted octanol–water partition coefficient (Wildman–Crippen LogP) is 1.79. The summed E-state index contributed by atoms with van der Waals surface area (Å²) in [6, 6.07) is 6.07. The van der Waals surface area contributed by atoms with Crippen LogP contribution in [0, 0.1) is 12.7 Å². The van der Waals surface area contributed by atoms with Crippen molar-refractivity contribution in [1.29, 1.82) is 0 Å². The van der Waals surface area contributed by atoms with Gasteiger partial charge in [-0.25, -0.2) is 12.8 Å². The van der Waals surface area contributed by atoms with Crippen LogP contribution in [0.2, 0.25) is 0 Å². The molecule has 1 aromatic heterocycles. The molecular formula is C13H14FN3O2S. The molecule has 106 valence electrons. The highest BCUT2D eigenvalue weighted by molar-refractivity contribution is 7.92. The summed E-state index contributed by atoms with van der Waals surface area (Å²) >= 11 is 0. The highest BCUT2D eigenvalue weighted by Crippen LogP contribution is 2.22. The molecule has 0 fully saturated rings. The van der Waals surface area contributed by atoms with Crippen LogP contribution in [0.5, 0.6) is 0 Å². The molecule has 0 saturated carbocycles. The number of halogens is 1. The number of nitrogens with two attached hydrogens (primary N) is 1. The maximum atomic E-state index is 13.5. The van der Waals surface area contributed by atoms with Gasteiger partial charge in [-0.1, -0.05) is 12.1 Å². The molecule has 2 rings (SSSR count). The van der Waals surface area contributed by atoms with Crippen LogP contribution < -0.4 is 10.5 Å². The lowest BCUT2D eigenvalue weighted by atomic mass is 10.1. The van der Waals surface area contributed by atoms with Gasteiger partial charge in [0.2, 0.25) is 0 Å². The van der Waals surface area contributed by atoms with Crippen LogP contribution >= 0.6 is 0 Å². The molecule has 0 aliphatic rings. The zero-order valence-electron chi connectivity index (χ0n) is 10.8. The Morgan fingerprint density at radius 1 is 1.35 bits per heavy atom. The number of nitrogens with zero attached hydrogens (tertiary/aromatic N) is 1. The van der Waals surface area contributed by atoms with Gasteiger partial charge < -0.3 is 5.73 Å². The molecule has 20 heavy (non-hydrogen) atoms. The Labute approximate surface area is 116 Å². The number of benzene rings is 1. The highest BCUT2D eigenvalue weighted by Gasteiger charge is 2.19. The van der Waals surface area contributed by atoms with Crippen LogP contribution in [0.4, 0.5) is 10.1 Å². The molecule has 1 aromatic carbocycles. The van der Waals surface area contributed by atoms with Crippen LogP contribution in [0.15, 0.2) is 41.6 Å². The summed E-state index contributed by atoms with van der Waals surface area (Å²) in [7, 11) is -3.87. The van der Waals surface area contributed by atoms with E-state index in [2.05, 4.69) is 9.71 Å². The molecule has 2 aromatic rings. The Hall–Kier alpha value is -1.99. The molecule has 0 bridgehead atoms. The number of hydrogen-bond acceptors (Lipinski definition) is 4. The monoisotopic (exact) mass is 295 g/mol. The molecule has 0 saturated heterocycles. The van der Waals surface area contributed by atoms with Gasteiger partial charge in [-0.2, -0.15) is 0 Å². The quantitative estimate of drug-likeness (QED) is 0.900. The van der Waals surface area contributed by atoms with E-state index in [1.54, 1.807) is 19.1 Å². The zero-order valence-corrected chi connectivity index (χ0v) is 11.6. The third-order valence-electron chi connectivity index (χ3n) is 2.92. The fraction of sp³-hybridized carbons (Fsp3) is 0.154. The fourth-order valence-electron chi connectivity index (χ4n) is 1.83. The van der Waals surface area contributed by atoms with Crippen molar-refractivity contribution in [2.24, 2.45) is 5.73 Å². The first-order valence-corrected chi connectivity index (χ1v) is 7.35.